The number of halogens is 3. The molecule has 2 N–H and O–H groups in total. The van der Waals surface area contributed by atoms with Gasteiger partial charge in [-0.25, -0.2) is 18.2 Å². The van der Waals surface area contributed by atoms with Crippen LogP contribution in [-0.4, -0.2) is 56.0 Å². The highest BCUT2D eigenvalue weighted by atomic mass is 19.3. The summed E-state index contributed by atoms with van der Waals surface area (Å²) < 4.78 is 44.3. The zero-order valence-electron chi connectivity index (χ0n) is 17.6. The van der Waals surface area contributed by atoms with Gasteiger partial charge in [-0.3, -0.25) is 9.67 Å². The first-order valence-electron chi connectivity index (χ1n) is 10.4. The van der Waals surface area contributed by atoms with Gasteiger partial charge >= 0.3 is 0 Å². The Bertz CT molecular complexity index is 1150. The normalized spacial score (nSPS) is 24.0. The van der Waals surface area contributed by atoms with Crippen LogP contribution in [0.4, 0.5) is 19.0 Å². The molecular formula is C22H23F3N6O. The van der Waals surface area contributed by atoms with E-state index >= 15 is 0 Å². The number of fused-ring (bicyclic) bond motifs is 2. The van der Waals surface area contributed by atoms with Crippen LogP contribution in [0.2, 0.25) is 0 Å². The fourth-order valence-corrected chi connectivity index (χ4v) is 4.72. The summed E-state index contributed by atoms with van der Waals surface area (Å²) in [7, 11) is 3.54. The second kappa shape index (κ2) is 7.47. The molecule has 2 bridgehead atoms. The molecule has 0 spiro atoms. The number of phenols is 1. The Morgan fingerprint density at radius 1 is 1.16 bits per heavy atom. The molecule has 3 atom stereocenters. The van der Waals surface area contributed by atoms with Gasteiger partial charge in [0.1, 0.15) is 17.4 Å². The average Bonchev–Trinajstić information content (AvgIpc) is 3.28. The number of phenolic OH excluding ortho intramolecular Hbond substituents is 1. The van der Waals surface area contributed by atoms with Crippen molar-refractivity contribution in [3.8, 4) is 28.1 Å². The van der Waals surface area contributed by atoms with E-state index in [9.17, 15) is 18.3 Å². The third-order valence-electron chi connectivity index (χ3n) is 6.45. The van der Waals surface area contributed by atoms with Gasteiger partial charge in [-0.05, 0) is 25.0 Å². The van der Waals surface area contributed by atoms with Gasteiger partial charge in [0.15, 0.2) is 0 Å². The van der Waals surface area contributed by atoms with Gasteiger partial charge in [0, 0.05) is 55.5 Å². The Hall–Kier alpha value is -3.14. The number of alkyl halides is 2. The molecule has 5 rings (SSSR count). The van der Waals surface area contributed by atoms with Gasteiger partial charge in [0.2, 0.25) is 0 Å². The van der Waals surface area contributed by atoms with E-state index in [0.717, 1.165) is 0 Å². The number of aryl methyl sites for hydroxylation is 1. The molecule has 2 aliphatic rings. The van der Waals surface area contributed by atoms with E-state index in [-0.39, 0.29) is 35.4 Å². The van der Waals surface area contributed by atoms with E-state index < -0.39 is 17.8 Å². The number of rotatable bonds is 4. The summed E-state index contributed by atoms with van der Waals surface area (Å²) in [5.41, 5.74) is 1.32. The second-order valence-electron chi connectivity index (χ2n) is 8.63. The predicted octanol–water partition coefficient (Wildman–Crippen LogP) is 3.35. The molecule has 3 aromatic rings. The van der Waals surface area contributed by atoms with Crippen molar-refractivity contribution in [2.24, 2.45) is 7.05 Å². The second-order valence-corrected chi connectivity index (χ2v) is 8.63. The molecule has 0 aliphatic carbocycles. The van der Waals surface area contributed by atoms with Crippen molar-refractivity contribution in [1.29, 1.82) is 0 Å². The molecule has 2 saturated heterocycles. The van der Waals surface area contributed by atoms with Crippen molar-refractivity contribution < 1.29 is 18.3 Å². The van der Waals surface area contributed by atoms with Crippen LogP contribution in [0, 0.1) is 5.82 Å². The smallest absolute Gasteiger partial charge is 0.264 e. The van der Waals surface area contributed by atoms with Crippen LogP contribution in [0.3, 0.4) is 0 Å². The maximum absolute atomic E-state index is 14.7. The zero-order valence-corrected chi connectivity index (χ0v) is 17.6. The van der Waals surface area contributed by atoms with E-state index in [1.54, 1.807) is 17.9 Å². The van der Waals surface area contributed by atoms with Crippen LogP contribution in [0.25, 0.3) is 22.4 Å². The number of nitrogens with zero attached hydrogens (tertiary/aromatic N) is 5. The molecule has 1 aromatic carbocycles. The molecule has 2 aromatic heterocycles. The Morgan fingerprint density at radius 3 is 2.62 bits per heavy atom. The van der Waals surface area contributed by atoms with Crippen molar-refractivity contribution in [2.75, 3.05) is 11.9 Å². The molecule has 2 fully saturated rings. The molecule has 32 heavy (non-hydrogen) atoms. The first-order valence-corrected chi connectivity index (χ1v) is 10.4. The Labute approximate surface area is 182 Å². The lowest BCUT2D eigenvalue weighted by Gasteiger charge is -2.36. The first kappa shape index (κ1) is 20.7. The molecule has 168 valence electrons. The zero-order chi connectivity index (χ0) is 22.6. The minimum Gasteiger partial charge on any atom is -0.507 e. The number of anilines is 1. The molecule has 2 aliphatic heterocycles. The van der Waals surface area contributed by atoms with Gasteiger partial charge in [-0.1, -0.05) is 0 Å². The maximum atomic E-state index is 14.7. The molecule has 2 unspecified atom stereocenters. The van der Waals surface area contributed by atoms with Gasteiger partial charge in [0.25, 0.3) is 5.92 Å². The lowest BCUT2D eigenvalue weighted by atomic mass is 9.98. The monoisotopic (exact) mass is 444 g/mol. The van der Waals surface area contributed by atoms with E-state index in [2.05, 4.69) is 20.4 Å². The molecule has 0 radical (unpaired) electrons. The third kappa shape index (κ3) is 3.58. The van der Waals surface area contributed by atoms with E-state index in [4.69, 9.17) is 0 Å². The molecule has 7 nitrogen and oxygen atoms in total. The first-order chi connectivity index (χ1) is 15.2. The fourth-order valence-electron chi connectivity index (χ4n) is 4.72. The molecule has 0 saturated carbocycles. The van der Waals surface area contributed by atoms with Gasteiger partial charge in [-0.2, -0.15) is 5.10 Å². The van der Waals surface area contributed by atoms with Crippen molar-refractivity contribution in [1.82, 2.24) is 25.1 Å². The van der Waals surface area contributed by atoms with Gasteiger partial charge in [0.05, 0.1) is 30.3 Å². The standard InChI is InChI=1S/C22H23F3N6O/c1-30-11-12(8-28-30)15-6-19(32)16(5-17(15)23)18-9-27-21(10-26-18)31(2)14-3-13-7-22(24,25)20(4-14)29-13/h5-6,8-11,13-14,20,29,32H,3-4,7H2,1-2H3/t13?,14-,20?/m1/s1. The summed E-state index contributed by atoms with van der Waals surface area (Å²) in [6, 6.07) is 1.46. The van der Waals surface area contributed by atoms with Crippen molar-refractivity contribution in [3.05, 3.63) is 42.7 Å². The summed E-state index contributed by atoms with van der Waals surface area (Å²) in [6.07, 6.45) is 6.94. The number of benzene rings is 1. The van der Waals surface area contributed by atoms with E-state index in [1.807, 2.05) is 11.9 Å². The Morgan fingerprint density at radius 2 is 1.97 bits per heavy atom. The van der Waals surface area contributed by atoms with E-state index in [0.29, 0.717) is 29.9 Å². The van der Waals surface area contributed by atoms with Gasteiger partial charge in [-0.15, -0.1) is 0 Å². The summed E-state index contributed by atoms with van der Waals surface area (Å²) in [5.74, 6) is -2.78. The van der Waals surface area contributed by atoms with Crippen LogP contribution in [-0.2, 0) is 7.05 Å². The van der Waals surface area contributed by atoms with Crippen LogP contribution in [0.1, 0.15) is 19.3 Å². The number of piperidine rings is 1. The third-order valence-corrected chi connectivity index (χ3v) is 6.45. The summed E-state index contributed by atoms with van der Waals surface area (Å²) in [6.45, 7) is 0. The lowest BCUT2D eigenvalue weighted by molar-refractivity contribution is -0.0128. The topological polar surface area (TPSA) is 79.1 Å². The molecular weight excluding hydrogens is 421 g/mol. The van der Waals surface area contributed by atoms with E-state index in [1.165, 1.54) is 30.7 Å². The highest BCUT2D eigenvalue weighted by molar-refractivity contribution is 5.74. The SMILES string of the molecule is CN(c1cnc(-c2cc(F)c(-c3cnn(C)c3)cc2O)cn1)[C@@H]1CC2CC(F)(F)C(C1)N2. The van der Waals surface area contributed by atoms with Crippen molar-refractivity contribution >= 4 is 5.82 Å². The average molecular weight is 444 g/mol. The summed E-state index contributed by atoms with van der Waals surface area (Å²) in [5, 5.41) is 17.5. The predicted molar refractivity (Wildman–Crippen MR) is 113 cm³/mol. The highest BCUT2D eigenvalue weighted by Crippen LogP contribution is 2.41. The molecule has 0 amide bonds. The van der Waals surface area contributed by atoms with Crippen molar-refractivity contribution in [2.45, 2.75) is 43.3 Å². The Kier molecular flexibility index (Phi) is 4.85. The Balaban J connectivity index is 1.36. The fraction of sp³-hybridized carbons (Fsp3) is 0.409. The minimum absolute atomic E-state index is 0.0793. The van der Waals surface area contributed by atoms with Crippen molar-refractivity contribution in [3.63, 3.8) is 0 Å². The molecule has 10 heteroatoms. The van der Waals surface area contributed by atoms with Crippen LogP contribution < -0.4 is 10.2 Å². The number of aromatic hydroxyl groups is 1. The molecule has 4 heterocycles. The quantitative estimate of drug-likeness (QED) is 0.643. The maximum Gasteiger partial charge on any atom is 0.264 e. The number of aromatic nitrogens is 4. The summed E-state index contributed by atoms with van der Waals surface area (Å²) in [4.78, 5) is 10.6. The highest BCUT2D eigenvalue weighted by Gasteiger charge is 2.53. The largest absolute Gasteiger partial charge is 0.507 e. The lowest BCUT2D eigenvalue weighted by Crippen LogP contribution is -2.49. The number of hydrogen-bond acceptors (Lipinski definition) is 6. The summed E-state index contributed by atoms with van der Waals surface area (Å²) >= 11 is 0. The van der Waals surface area contributed by atoms with Crippen LogP contribution in [0.15, 0.2) is 36.9 Å². The number of nitrogens with one attached hydrogen (secondary N) is 1. The number of hydrogen-bond donors (Lipinski definition) is 2. The van der Waals surface area contributed by atoms with Gasteiger partial charge < -0.3 is 15.3 Å². The van der Waals surface area contributed by atoms with Crippen LogP contribution >= 0.6 is 0 Å². The minimum atomic E-state index is -2.68. The van der Waals surface area contributed by atoms with Crippen LogP contribution in [0.5, 0.6) is 5.75 Å².